The number of carbonyl (C=O) groups excluding carboxylic acids is 3. The van der Waals surface area contributed by atoms with Gasteiger partial charge in [0.25, 0.3) is 11.8 Å². The van der Waals surface area contributed by atoms with Crippen molar-refractivity contribution in [2.45, 2.75) is 51.4 Å². The minimum atomic E-state index is -1.14. The minimum absolute atomic E-state index is 0.00725. The first-order chi connectivity index (χ1) is 17.6. The molecule has 0 radical (unpaired) electrons. The maximum absolute atomic E-state index is 13.3. The van der Waals surface area contributed by atoms with Gasteiger partial charge in [0.15, 0.2) is 17.3 Å². The van der Waals surface area contributed by atoms with E-state index >= 15 is 0 Å². The molecule has 2 aromatic rings. The zero-order valence-electron chi connectivity index (χ0n) is 21.4. The van der Waals surface area contributed by atoms with E-state index in [4.69, 9.17) is 18.9 Å². The molecule has 1 aliphatic carbocycles. The number of methoxy groups -OCH3 is 2. The molecule has 6 rings (SSSR count). The topological polar surface area (TPSA) is 91.4 Å². The fraction of sp³-hybridized carbons (Fsp3) is 0.414. The molecule has 3 heterocycles. The van der Waals surface area contributed by atoms with Crippen molar-refractivity contribution in [3.8, 4) is 11.5 Å². The number of carbonyl (C=O) groups is 3. The van der Waals surface area contributed by atoms with E-state index in [1.807, 2.05) is 12.1 Å². The van der Waals surface area contributed by atoms with Crippen LogP contribution < -0.4 is 9.47 Å². The first-order valence-corrected chi connectivity index (χ1v) is 12.5. The SMILES string of the molecule is COc1cc2c(cc1OC)[C@@H]1O[C@](CCN3C(=O)c4ccccc4C3=O)(C2)OC2=C1C(=O)CC(C)(C)C2. The predicted octanol–water partition coefficient (Wildman–Crippen LogP) is 4.37. The Kier molecular flexibility index (Phi) is 5.25. The first kappa shape index (κ1) is 23.7. The molecule has 4 aliphatic rings. The monoisotopic (exact) mass is 503 g/mol. The number of ether oxygens (including phenoxy) is 4. The van der Waals surface area contributed by atoms with Gasteiger partial charge in [0.2, 0.25) is 5.79 Å². The van der Waals surface area contributed by atoms with Crippen molar-refractivity contribution in [2.75, 3.05) is 20.8 Å². The Morgan fingerprint density at radius 3 is 2.24 bits per heavy atom. The Labute approximate surface area is 215 Å². The number of nitrogens with zero attached hydrogens (tertiary/aromatic N) is 1. The third kappa shape index (κ3) is 3.65. The van der Waals surface area contributed by atoms with Crippen LogP contribution in [-0.2, 0) is 20.7 Å². The second-order valence-corrected chi connectivity index (χ2v) is 10.9. The Hall–Kier alpha value is -3.65. The van der Waals surface area contributed by atoms with Gasteiger partial charge in [-0.15, -0.1) is 0 Å². The fourth-order valence-corrected chi connectivity index (χ4v) is 6.03. The summed E-state index contributed by atoms with van der Waals surface area (Å²) < 4.78 is 24.2. The van der Waals surface area contributed by atoms with Gasteiger partial charge in [0.1, 0.15) is 11.9 Å². The van der Waals surface area contributed by atoms with E-state index in [2.05, 4.69) is 13.8 Å². The highest BCUT2D eigenvalue weighted by molar-refractivity contribution is 6.21. The van der Waals surface area contributed by atoms with Crippen molar-refractivity contribution in [1.29, 1.82) is 0 Å². The quantitative estimate of drug-likeness (QED) is 0.560. The standard InChI is InChI=1S/C29H29NO7/c1-28(2)14-20(31)24-23(15-28)36-29(9-10-30-26(32)17-7-5-6-8-18(17)27(30)33)13-16-11-21(34-3)22(35-4)12-19(16)25(24)37-29/h5-8,11-12,25H,9-10,13-15H2,1-4H3/t25-,29+/m0/s1. The zero-order chi connectivity index (χ0) is 26.1. The average Bonchev–Trinajstić information content (AvgIpc) is 3.10. The van der Waals surface area contributed by atoms with Crippen molar-refractivity contribution in [3.05, 3.63) is 70.0 Å². The number of imide groups is 1. The lowest BCUT2D eigenvalue weighted by Gasteiger charge is -2.50. The lowest BCUT2D eigenvalue weighted by atomic mass is 9.72. The predicted molar refractivity (Wildman–Crippen MR) is 132 cm³/mol. The molecule has 0 N–H and O–H groups in total. The van der Waals surface area contributed by atoms with Gasteiger partial charge in [-0.1, -0.05) is 26.0 Å². The highest BCUT2D eigenvalue weighted by Crippen LogP contribution is 2.54. The van der Waals surface area contributed by atoms with Gasteiger partial charge < -0.3 is 18.9 Å². The molecule has 0 saturated heterocycles. The van der Waals surface area contributed by atoms with E-state index in [9.17, 15) is 14.4 Å². The Bertz CT molecular complexity index is 1360. The molecular weight excluding hydrogens is 474 g/mol. The molecule has 0 spiro atoms. The van der Waals surface area contributed by atoms with Crippen LogP contribution in [0.15, 0.2) is 47.7 Å². The molecule has 192 valence electrons. The lowest BCUT2D eigenvalue weighted by Crippen LogP contribution is -2.51. The molecule has 2 amide bonds. The van der Waals surface area contributed by atoms with Crippen molar-refractivity contribution in [2.24, 2.45) is 5.41 Å². The van der Waals surface area contributed by atoms with Gasteiger partial charge in [-0.3, -0.25) is 19.3 Å². The highest BCUT2D eigenvalue weighted by Gasteiger charge is 2.53. The summed E-state index contributed by atoms with van der Waals surface area (Å²) in [6.45, 7) is 4.23. The van der Waals surface area contributed by atoms with E-state index in [1.54, 1.807) is 38.5 Å². The number of Topliss-reactive ketones (excluding diaryl/α,β-unsaturated/α-hetero) is 1. The van der Waals surface area contributed by atoms with Gasteiger partial charge in [0.05, 0.1) is 30.9 Å². The smallest absolute Gasteiger partial charge is 0.261 e. The van der Waals surface area contributed by atoms with Crippen molar-refractivity contribution in [1.82, 2.24) is 4.90 Å². The van der Waals surface area contributed by atoms with Crippen LogP contribution in [0.2, 0.25) is 0 Å². The fourth-order valence-electron chi connectivity index (χ4n) is 6.03. The van der Waals surface area contributed by atoms with Crippen LogP contribution in [0.25, 0.3) is 0 Å². The third-order valence-corrected chi connectivity index (χ3v) is 7.77. The first-order valence-electron chi connectivity index (χ1n) is 12.5. The van der Waals surface area contributed by atoms with Gasteiger partial charge in [-0.2, -0.15) is 0 Å². The molecule has 0 saturated carbocycles. The normalized spacial score (nSPS) is 25.4. The van der Waals surface area contributed by atoms with E-state index in [0.717, 1.165) is 11.1 Å². The van der Waals surface area contributed by atoms with Crippen LogP contribution in [0, 0.1) is 5.41 Å². The Morgan fingerprint density at radius 1 is 0.946 bits per heavy atom. The zero-order valence-corrected chi connectivity index (χ0v) is 21.4. The second kappa shape index (κ2) is 8.18. The number of ketones is 1. The summed E-state index contributed by atoms with van der Waals surface area (Å²) in [4.78, 5) is 40.6. The second-order valence-electron chi connectivity index (χ2n) is 10.9. The summed E-state index contributed by atoms with van der Waals surface area (Å²) in [5, 5.41) is 0. The molecule has 2 bridgehead atoms. The highest BCUT2D eigenvalue weighted by atomic mass is 16.7. The van der Waals surface area contributed by atoms with Crippen molar-refractivity contribution < 1.29 is 33.3 Å². The summed E-state index contributed by atoms with van der Waals surface area (Å²) in [7, 11) is 3.15. The van der Waals surface area contributed by atoms with Gasteiger partial charge >= 0.3 is 0 Å². The van der Waals surface area contributed by atoms with Crippen LogP contribution in [0.5, 0.6) is 11.5 Å². The molecule has 2 atom stereocenters. The minimum Gasteiger partial charge on any atom is -0.493 e. The summed E-state index contributed by atoms with van der Waals surface area (Å²) in [5.41, 5.74) is 2.88. The molecule has 8 nitrogen and oxygen atoms in total. The Balaban J connectivity index is 1.39. The van der Waals surface area contributed by atoms with Crippen LogP contribution in [0.4, 0.5) is 0 Å². The van der Waals surface area contributed by atoms with E-state index < -0.39 is 11.9 Å². The summed E-state index contributed by atoms with van der Waals surface area (Å²) in [5.74, 6) is -0.00320. The summed E-state index contributed by atoms with van der Waals surface area (Å²) >= 11 is 0. The van der Waals surface area contributed by atoms with Crippen LogP contribution in [-0.4, -0.2) is 49.0 Å². The van der Waals surface area contributed by atoms with E-state index in [-0.39, 0.29) is 36.0 Å². The van der Waals surface area contributed by atoms with Crippen LogP contribution in [0.3, 0.4) is 0 Å². The van der Waals surface area contributed by atoms with Gasteiger partial charge in [-0.25, -0.2) is 0 Å². The number of rotatable bonds is 5. The molecule has 3 aliphatic heterocycles. The van der Waals surface area contributed by atoms with Crippen molar-refractivity contribution in [3.63, 3.8) is 0 Å². The number of hydrogen-bond donors (Lipinski definition) is 0. The van der Waals surface area contributed by atoms with Gasteiger partial charge in [0, 0.05) is 32.2 Å². The molecule has 0 aromatic heterocycles. The van der Waals surface area contributed by atoms with Crippen molar-refractivity contribution >= 4 is 17.6 Å². The maximum Gasteiger partial charge on any atom is 0.261 e. The lowest BCUT2D eigenvalue weighted by molar-refractivity contribution is -0.266. The average molecular weight is 504 g/mol. The van der Waals surface area contributed by atoms with Crippen LogP contribution >= 0.6 is 0 Å². The molecular formula is C29H29NO7. The largest absolute Gasteiger partial charge is 0.493 e. The molecule has 0 unspecified atom stereocenters. The summed E-state index contributed by atoms with van der Waals surface area (Å²) in [6, 6.07) is 10.6. The van der Waals surface area contributed by atoms with Crippen LogP contribution in [0.1, 0.15) is 71.1 Å². The molecule has 0 fully saturated rings. The molecule has 37 heavy (non-hydrogen) atoms. The Morgan fingerprint density at radius 2 is 1.59 bits per heavy atom. The number of benzene rings is 2. The third-order valence-electron chi connectivity index (χ3n) is 7.77. The summed E-state index contributed by atoms with van der Waals surface area (Å²) in [6.07, 6.45) is 1.01. The van der Waals surface area contributed by atoms with E-state index in [0.29, 0.717) is 53.2 Å². The van der Waals surface area contributed by atoms with E-state index in [1.165, 1.54) is 4.90 Å². The molecule has 2 aromatic carbocycles. The number of amides is 2. The van der Waals surface area contributed by atoms with Gasteiger partial charge in [-0.05, 0) is 40.8 Å². The number of allylic oxidation sites excluding steroid dienone is 1. The number of hydrogen-bond acceptors (Lipinski definition) is 7. The maximum atomic E-state index is 13.3. The molecule has 8 heteroatoms. The number of fused-ring (bicyclic) bond motifs is 6.